The molecule has 7 heteroatoms. The molecule has 0 heterocycles. The summed E-state index contributed by atoms with van der Waals surface area (Å²) in [6.07, 6.45) is 1.45. The Morgan fingerprint density at radius 2 is 1.75 bits per heavy atom. The molecule has 0 aromatic heterocycles. The largest absolute Gasteiger partial charge is 0.496 e. The van der Waals surface area contributed by atoms with Gasteiger partial charge in [-0.1, -0.05) is 17.7 Å². The first-order valence-corrected chi connectivity index (χ1v) is 9.48. The summed E-state index contributed by atoms with van der Waals surface area (Å²) in [6, 6.07) is 9.02. The zero-order valence-corrected chi connectivity index (χ0v) is 16.3. The first kappa shape index (κ1) is 18.5. The molecule has 0 aliphatic heterocycles. The zero-order chi connectivity index (χ0) is 17.9. The summed E-state index contributed by atoms with van der Waals surface area (Å²) in [4.78, 5) is 2.53. The summed E-state index contributed by atoms with van der Waals surface area (Å²) in [5.41, 5.74) is 3.16. The number of benzene rings is 2. The van der Waals surface area contributed by atoms with Crippen molar-refractivity contribution in [3.05, 3.63) is 57.1 Å². The molecule has 0 aliphatic carbocycles. The smallest absolute Gasteiger partial charge is 0.277 e. The highest BCUT2D eigenvalue weighted by Gasteiger charge is 2.19. The number of halogens is 1. The van der Waals surface area contributed by atoms with E-state index in [1.54, 1.807) is 39.2 Å². The first-order chi connectivity index (χ1) is 11.2. The number of hydrazone groups is 1. The summed E-state index contributed by atoms with van der Waals surface area (Å²) in [5.74, 6) is 0.693. The van der Waals surface area contributed by atoms with Crippen LogP contribution in [0.5, 0.6) is 5.75 Å². The van der Waals surface area contributed by atoms with E-state index in [1.165, 1.54) is 6.21 Å². The molecule has 128 valence electrons. The van der Waals surface area contributed by atoms with Crippen molar-refractivity contribution in [2.75, 3.05) is 7.11 Å². The SMILES string of the molecule is COc1ccc(/C=N/NS(=O)(=O)c2c(C)cc(C)cc2C)cc1Br. The Morgan fingerprint density at radius 3 is 2.29 bits per heavy atom. The predicted molar refractivity (Wildman–Crippen MR) is 99.3 cm³/mol. The van der Waals surface area contributed by atoms with Gasteiger partial charge in [-0.3, -0.25) is 0 Å². The molecule has 0 aliphatic rings. The van der Waals surface area contributed by atoms with Crippen LogP contribution in [0.2, 0.25) is 0 Å². The van der Waals surface area contributed by atoms with Crippen LogP contribution in [0.15, 0.2) is 44.8 Å². The predicted octanol–water partition coefficient (Wildman–Crippen LogP) is 3.70. The molecule has 0 fully saturated rings. The van der Waals surface area contributed by atoms with Crippen molar-refractivity contribution in [2.45, 2.75) is 25.7 Å². The third-order valence-corrected chi connectivity index (χ3v) is 5.58. The van der Waals surface area contributed by atoms with E-state index in [1.807, 2.05) is 19.1 Å². The summed E-state index contributed by atoms with van der Waals surface area (Å²) < 4.78 is 30.9. The van der Waals surface area contributed by atoms with Gasteiger partial charge < -0.3 is 4.74 Å². The van der Waals surface area contributed by atoms with Crippen molar-refractivity contribution in [2.24, 2.45) is 5.10 Å². The topological polar surface area (TPSA) is 67.8 Å². The molecule has 2 aromatic carbocycles. The highest BCUT2D eigenvalue weighted by atomic mass is 79.9. The van der Waals surface area contributed by atoms with Crippen LogP contribution in [0.1, 0.15) is 22.3 Å². The van der Waals surface area contributed by atoms with E-state index in [2.05, 4.69) is 25.9 Å². The van der Waals surface area contributed by atoms with Crippen molar-refractivity contribution in [3.63, 3.8) is 0 Å². The number of methoxy groups -OCH3 is 1. The first-order valence-electron chi connectivity index (χ1n) is 7.21. The quantitative estimate of drug-likeness (QED) is 0.603. The van der Waals surface area contributed by atoms with Gasteiger partial charge in [0.25, 0.3) is 10.0 Å². The molecule has 0 amide bonds. The van der Waals surface area contributed by atoms with E-state index in [9.17, 15) is 8.42 Å². The molecule has 0 bridgehead atoms. The molecule has 0 saturated heterocycles. The molecule has 24 heavy (non-hydrogen) atoms. The van der Waals surface area contributed by atoms with Crippen molar-refractivity contribution < 1.29 is 13.2 Å². The van der Waals surface area contributed by atoms with Crippen LogP contribution in [0, 0.1) is 20.8 Å². The molecular formula is C17H19BrN2O3S. The third kappa shape index (κ3) is 4.15. The van der Waals surface area contributed by atoms with Crippen LogP contribution in [-0.2, 0) is 10.0 Å². The van der Waals surface area contributed by atoms with E-state index in [4.69, 9.17) is 4.74 Å². The number of nitrogens with zero attached hydrogens (tertiary/aromatic N) is 1. The Bertz CT molecular complexity index is 870. The van der Waals surface area contributed by atoms with Crippen LogP contribution in [-0.4, -0.2) is 21.7 Å². The fraction of sp³-hybridized carbons (Fsp3) is 0.235. The van der Waals surface area contributed by atoms with E-state index >= 15 is 0 Å². The number of ether oxygens (including phenoxy) is 1. The fourth-order valence-electron chi connectivity index (χ4n) is 2.57. The number of hydrogen-bond donors (Lipinski definition) is 1. The molecule has 0 unspecified atom stereocenters. The van der Waals surface area contributed by atoms with Gasteiger partial charge in [-0.25, -0.2) is 4.83 Å². The van der Waals surface area contributed by atoms with Crippen molar-refractivity contribution >= 4 is 32.2 Å². The average Bonchev–Trinajstić information content (AvgIpc) is 2.45. The number of aryl methyl sites for hydroxylation is 3. The lowest BCUT2D eigenvalue weighted by Crippen LogP contribution is -2.20. The summed E-state index contributed by atoms with van der Waals surface area (Å²) in [7, 11) is -2.14. The molecule has 2 aromatic rings. The van der Waals surface area contributed by atoms with Gasteiger partial charge in [0.05, 0.1) is 22.7 Å². The van der Waals surface area contributed by atoms with E-state index in [-0.39, 0.29) is 4.90 Å². The van der Waals surface area contributed by atoms with Crippen molar-refractivity contribution in [1.29, 1.82) is 0 Å². The molecule has 0 radical (unpaired) electrons. The minimum atomic E-state index is -3.72. The molecule has 0 spiro atoms. The highest BCUT2D eigenvalue weighted by molar-refractivity contribution is 9.10. The average molecular weight is 411 g/mol. The van der Waals surface area contributed by atoms with Gasteiger partial charge in [0.15, 0.2) is 0 Å². The Hall–Kier alpha value is -1.86. The van der Waals surface area contributed by atoms with Crippen LogP contribution in [0.3, 0.4) is 0 Å². The second-order valence-corrected chi connectivity index (χ2v) is 7.93. The lowest BCUT2D eigenvalue weighted by molar-refractivity contribution is 0.412. The second-order valence-electron chi connectivity index (χ2n) is 5.47. The van der Waals surface area contributed by atoms with Gasteiger partial charge in [0.1, 0.15) is 5.75 Å². The number of sulfonamides is 1. The van der Waals surface area contributed by atoms with Crippen molar-refractivity contribution in [1.82, 2.24) is 4.83 Å². The number of rotatable bonds is 5. The zero-order valence-electron chi connectivity index (χ0n) is 13.9. The third-order valence-electron chi connectivity index (χ3n) is 3.44. The summed E-state index contributed by atoms with van der Waals surface area (Å²) in [5, 5.41) is 3.87. The standard InChI is InChI=1S/C17H19BrN2O3S/c1-11-7-12(2)17(13(3)8-11)24(21,22)20-19-10-14-5-6-16(23-4)15(18)9-14/h5-10,20H,1-4H3/b19-10+. The van der Waals surface area contributed by atoms with Gasteiger partial charge in [-0.15, -0.1) is 0 Å². The van der Waals surface area contributed by atoms with Gasteiger partial charge in [0.2, 0.25) is 0 Å². The summed E-state index contributed by atoms with van der Waals surface area (Å²) >= 11 is 3.38. The molecule has 5 nitrogen and oxygen atoms in total. The van der Waals surface area contributed by atoms with Crippen LogP contribution in [0.25, 0.3) is 0 Å². The molecule has 1 N–H and O–H groups in total. The maximum Gasteiger partial charge on any atom is 0.277 e. The monoisotopic (exact) mass is 410 g/mol. The Balaban J connectivity index is 2.23. The highest BCUT2D eigenvalue weighted by Crippen LogP contribution is 2.25. The van der Waals surface area contributed by atoms with Crippen LogP contribution in [0.4, 0.5) is 0 Å². The second kappa shape index (κ2) is 7.36. The normalized spacial score (nSPS) is 11.7. The minimum Gasteiger partial charge on any atom is -0.496 e. The van der Waals surface area contributed by atoms with E-state index in [0.29, 0.717) is 16.9 Å². The lowest BCUT2D eigenvalue weighted by atomic mass is 10.1. The minimum absolute atomic E-state index is 0.265. The number of nitrogens with one attached hydrogen (secondary N) is 1. The maximum atomic E-state index is 12.5. The fourth-order valence-corrected chi connectivity index (χ4v) is 4.38. The van der Waals surface area contributed by atoms with Gasteiger partial charge in [-0.2, -0.15) is 13.5 Å². The van der Waals surface area contributed by atoms with Crippen LogP contribution < -0.4 is 9.57 Å². The molecule has 0 atom stereocenters. The van der Waals surface area contributed by atoms with Gasteiger partial charge >= 0.3 is 0 Å². The Kier molecular flexibility index (Phi) is 5.66. The lowest BCUT2D eigenvalue weighted by Gasteiger charge is -2.11. The van der Waals surface area contributed by atoms with Crippen LogP contribution >= 0.6 is 15.9 Å². The Morgan fingerprint density at radius 1 is 1.12 bits per heavy atom. The maximum absolute atomic E-state index is 12.5. The number of hydrogen-bond acceptors (Lipinski definition) is 4. The van der Waals surface area contributed by atoms with E-state index < -0.39 is 10.0 Å². The van der Waals surface area contributed by atoms with Gasteiger partial charge in [-0.05, 0) is 71.6 Å². The van der Waals surface area contributed by atoms with E-state index in [0.717, 1.165) is 15.6 Å². The van der Waals surface area contributed by atoms with Crippen molar-refractivity contribution in [3.8, 4) is 5.75 Å². The molecular weight excluding hydrogens is 392 g/mol. The van der Waals surface area contributed by atoms with Gasteiger partial charge in [0, 0.05) is 0 Å². The molecule has 2 rings (SSSR count). The summed E-state index contributed by atoms with van der Waals surface area (Å²) in [6.45, 7) is 5.49. The molecule has 0 saturated carbocycles. The Labute approximate surface area is 150 Å².